The fourth-order valence-corrected chi connectivity index (χ4v) is 0.942. The van der Waals surface area contributed by atoms with Gasteiger partial charge in [0, 0.05) is 0 Å². The van der Waals surface area contributed by atoms with Gasteiger partial charge >= 0.3 is 0 Å². The lowest BCUT2D eigenvalue weighted by atomic mass is 10.2. The van der Waals surface area contributed by atoms with Gasteiger partial charge in [0.15, 0.2) is 0 Å². The fraction of sp³-hybridized carbons (Fsp3) is 0. The highest BCUT2D eigenvalue weighted by Crippen LogP contribution is 2.13. The molecule has 1 rings (SSSR count). The number of hydrazine groups is 1. The van der Waals surface area contributed by atoms with Crippen molar-refractivity contribution in [2.24, 2.45) is 5.84 Å². The molecule has 0 saturated carbocycles. The van der Waals surface area contributed by atoms with Gasteiger partial charge in [-0.25, -0.2) is 0 Å². The van der Waals surface area contributed by atoms with Crippen molar-refractivity contribution in [1.29, 1.82) is 0 Å². The first-order chi connectivity index (χ1) is 4.72. The molecule has 1 aromatic rings. The summed E-state index contributed by atoms with van der Waals surface area (Å²) in [6.07, 6.45) is 0. The molecule has 4 N–H and O–H groups in total. The number of hydrogen-bond acceptors (Lipinski definition) is 5. The molecule has 0 bridgehead atoms. The summed E-state index contributed by atoms with van der Waals surface area (Å²) >= 11 is 0. The zero-order valence-corrected chi connectivity index (χ0v) is 6.13. The molecule has 0 fully saturated rings. The van der Waals surface area contributed by atoms with Gasteiger partial charge in [0.2, 0.25) is 0 Å². The van der Waals surface area contributed by atoms with E-state index in [1.165, 1.54) is 0 Å². The summed E-state index contributed by atoms with van der Waals surface area (Å²) in [5, 5.41) is 2.47. The van der Waals surface area contributed by atoms with Gasteiger partial charge in [-0.2, -0.15) is 0 Å². The van der Waals surface area contributed by atoms with Crippen molar-refractivity contribution in [3.8, 4) is 0 Å². The van der Waals surface area contributed by atoms with Crippen LogP contribution in [-0.4, -0.2) is 0 Å². The van der Waals surface area contributed by atoms with Gasteiger partial charge in [0.05, 0.1) is 0 Å². The van der Waals surface area contributed by atoms with Crippen molar-refractivity contribution >= 4 is 20.8 Å². The van der Waals surface area contributed by atoms with Crippen LogP contribution in [0.4, 0.5) is 11.4 Å². The van der Waals surface area contributed by atoms with Crippen molar-refractivity contribution in [3.05, 3.63) is 20.4 Å². The van der Waals surface area contributed by atoms with Crippen molar-refractivity contribution in [2.45, 2.75) is 0 Å². The third-order valence-corrected chi connectivity index (χ3v) is 1.49. The molecule has 0 aliphatic heterocycles. The zero-order chi connectivity index (χ0) is 7.72. The van der Waals surface area contributed by atoms with Gasteiger partial charge in [-0.3, -0.25) is 15.4 Å². The van der Waals surface area contributed by atoms with Crippen molar-refractivity contribution in [1.82, 2.24) is 0 Å². The van der Waals surface area contributed by atoms with Crippen LogP contribution in [0.5, 0.6) is 0 Å². The van der Waals surface area contributed by atoms with Crippen LogP contribution in [0.15, 0.2) is 9.59 Å². The number of hydrogen-bond donors (Lipinski definition) is 3. The molecule has 0 heterocycles. The summed E-state index contributed by atoms with van der Waals surface area (Å²) in [6, 6.07) is 0. The van der Waals surface area contributed by atoms with E-state index < -0.39 is 10.9 Å². The summed E-state index contributed by atoms with van der Waals surface area (Å²) < 4.78 is 0. The molecule has 1 aromatic carbocycles. The van der Waals surface area contributed by atoms with Crippen LogP contribution in [0.3, 0.4) is 0 Å². The first kappa shape index (κ1) is 7.18. The zero-order valence-electron chi connectivity index (χ0n) is 4.97. The molecule has 0 amide bonds. The Bertz CT molecular complexity index is 282. The van der Waals surface area contributed by atoms with Crippen LogP contribution in [-0.2, 0) is 0 Å². The smallest absolute Gasteiger partial charge is 0.254 e. The Balaban J connectivity index is 3.16. The summed E-state index contributed by atoms with van der Waals surface area (Å²) in [5.41, 5.74) is 1.36. The molecular weight excluding hydrogens is 153 g/mol. The Morgan fingerprint density at radius 1 is 1.20 bits per heavy atom. The van der Waals surface area contributed by atoms with Crippen molar-refractivity contribution in [3.63, 3.8) is 0 Å². The Morgan fingerprint density at radius 2 is 1.70 bits per heavy atom. The Kier molecular flexibility index (Phi) is 1.70. The third kappa shape index (κ3) is 0.716. The molecular formula is C4H6N3O2P. The number of nitrogens with one attached hydrogen (secondary N) is 2. The average Bonchev–Trinajstić information content (AvgIpc) is 1.97. The second-order valence-corrected chi connectivity index (χ2v) is 1.99. The minimum atomic E-state index is -0.576. The highest BCUT2D eigenvalue weighted by molar-refractivity contribution is 7.18. The van der Waals surface area contributed by atoms with Gasteiger partial charge in [-0.05, 0) is 9.39 Å². The molecule has 6 heteroatoms. The lowest BCUT2D eigenvalue weighted by Gasteiger charge is -2.07. The highest BCUT2D eigenvalue weighted by atomic mass is 31.0. The number of nitrogens with two attached hydrogens (primary N) is 1. The molecule has 54 valence electrons. The maximum Gasteiger partial charge on any atom is 0.254 e. The van der Waals surface area contributed by atoms with E-state index in [1.54, 1.807) is 0 Å². The van der Waals surface area contributed by atoms with E-state index >= 15 is 0 Å². The molecule has 0 radical (unpaired) electrons. The van der Waals surface area contributed by atoms with Crippen LogP contribution in [0.1, 0.15) is 0 Å². The van der Waals surface area contributed by atoms with Gasteiger partial charge in [0.25, 0.3) is 10.9 Å². The number of anilines is 2. The fourth-order valence-electron chi connectivity index (χ4n) is 0.667. The normalized spacial score (nSPS) is 9.80. The van der Waals surface area contributed by atoms with Gasteiger partial charge in [-0.1, -0.05) is 0 Å². The van der Waals surface area contributed by atoms with Gasteiger partial charge < -0.3 is 10.5 Å². The van der Waals surface area contributed by atoms with Crippen LogP contribution < -0.4 is 27.2 Å². The predicted octanol–water partition coefficient (Wildman–Crippen LogP) is -1.23. The minimum absolute atomic E-state index is 0.139. The molecule has 0 aliphatic rings. The Labute approximate surface area is 58.5 Å². The van der Waals surface area contributed by atoms with Crippen LogP contribution in [0.25, 0.3) is 0 Å². The van der Waals surface area contributed by atoms with Crippen LogP contribution in [0.2, 0.25) is 0 Å². The van der Waals surface area contributed by atoms with E-state index in [1.807, 2.05) is 0 Å². The molecule has 0 aliphatic carbocycles. The van der Waals surface area contributed by atoms with Crippen molar-refractivity contribution < 1.29 is 0 Å². The standard InChI is InChI=1S/C4H6N3O2P/c5-6-1-2(7-10)4(9)3(1)8/h6-7H,5,10H2. The second-order valence-electron chi connectivity index (χ2n) is 1.70. The number of nitrogen functional groups attached to an aromatic ring is 1. The van der Waals surface area contributed by atoms with Crippen molar-refractivity contribution in [2.75, 3.05) is 10.5 Å². The largest absolute Gasteiger partial charge is 0.364 e. The summed E-state index contributed by atoms with van der Waals surface area (Å²) in [5.74, 6) is 4.92. The highest BCUT2D eigenvalue weighted by Gasteiger charge is 2.17. The van der Waals surface area contributed by atoms with E-state index in [4.69, 9.17) is 5.84 Å². The SMILES string of the molecule is NNc1c(NP)c(=O)c1=O. The molecule has 0 saturated heterocycles. The Morgan fingerprint density at radius 3 is 2.00 bits per heavy atom. The van der Waals surface area contributed by atoms with Crippen LogP contribution >= 0.6 is 9.39 Å². The molecule has 1 unspecified atom stereocenters. The molecule has 10 heavy (non-hydrogen) atoms. The molecule has 1 atom stereocenters. The molecule has 0 aromatic heterocycles. The maximum atomic E-state index is 10.6. The lowest BCUT2D eigenvalue weighted by Crippen LogP contribution is -2.37. The van der Waals surface area contributed by atoms with E-state index in [9.17, 15) is 9.59 Å². The lowest BCUT2D eigenvalue weighted by molar-refractivity contribution is 1.28. The summed E-state index contributed by atoms with van der Waals surface area (Å²) in [6.45, 7) is 0. The van der Waals surface area contributed by atoms with Crippen LogP contribution in [0, 0.1) is 0 Å². The third-order valence-electron chi connectivity index (χ3n) is 1.20. The quantitative estimate of drug-likeness (QED) is 0.218. The summed E-state index contributed by atoms with van der Waals surface area (Å²) in [7, 11) is 2.11. The average molecular weight is 159 g/mol. The number of rotatable bonds is 2. The first-order valence-corrected chi connectivity index (χ1v) is 3.06. The van der Waals surface area contributed by atoms with E-state index in [0.29, 0.717) is 0 Å². The van der Waals surface area contributed by atoms with E-state index in [0.717, 1.165) is 0 Å². The molecule has 0 spiro atoms. The van der Waals surface area contributed by atoms with E-state index in [-0.39, 0.29) is 11.4 Å². The van der Waals surface area contributed by atoms with Gasteiger partial charge in [-0.15, -0.1) is 0 Å². The Hall–Kier alpha value is -0.930. The monoisotopic (exact) mass is 159 g/mol. The van der Waals surface area contributed by atoms with Gasteiger partial charge in [0.1, 0.15) is 11.4 Å². The summed E-state index contributed by atoms with van der Waals surface area (Å²) in [4.78, 5) is 21.1. The van der Waals surface area contributed by atoms with E-state index in [2.05, 4.69) is 19.9 Å². The molecule has 5 nitrogen and oxygen atoms in total. The minimum Gasteiger partial charge on any atom is -0.364 e. The predicted molar refractivity (Wildman–Crippen MR) is 42.5 cm³/mol. The maximum absolute atomic E-state index is 10.6. The second kappa shape index (κ2) is 2.36. The first-order valence-electron chi connectivity index (χ1n) is 2.49. The topological polar surface area (TPSA) is 84.2 Å².